The second-order valence-corrected chi connectivity index (χ2v) is 6.58. The molecule has 0 saturated heterocycles. The van der Waals surface area contributed by atoms with Gasteiger partial charge >= 0.3 is 6.18 Å². The molecular weight excluding hydrogens is 346 g/mol. The Morgan fingerprint density at radius 2 is 1.62 bits per heavy atom. The molecular formula is C16H9F4NO2S. The van der Waals surface area contributed by atoms with E-state index in [0.717, 1.165) is 42.5 Å². The lowest BCUT2D eigenvalue weighted by atomic mass is 10.1. The van der Waals surface area contributed by atoms with Crippen LogP contribution in [-0.2, 0) is 16.0 Å². The highest BCUT2D eigenvalue weighted by Gasteiger charge is 2.33. The summed E-state index contributed by atoms with van der Waals surface area (Å²) in [7, 11) is -4.36. The first-order valence-corrected chi connectivity index (χ1v) is 7.93. The molecule has 124 valence electrons. The average Bonchev–Trinajstić information content (AvgIpc) is 2.52. The van der Waals surface area contributed by atoms with E-state index in [-0.39, 0.29) is 4.90 Å². The highest BCUT2D eigenvalue weighted by Crippen LogP contribution is 2.33. The fourth-order valence-corrected chi connectivity index (χ4v) is 3.08. The minimum Gasteiger partial charge on any atom is -0.218 e. The van der Waals surface area contributed by atoms with Crippen LogP contribution in [0.2, 0.25) is 0 Å². The van der Waals surface area contributed by atoms with Gasteiger partial charge in [-0.1, -0.05) is 18.2 Å². The zero-order valence-corrected chi connectivity index (χ0v) is 12.7. The Balaban J connectivity index is 2.59. The molecule has 0 aliphatic rings. The van der Waals surface area contributed by atoms with E-state index in [4.69, 9.17) is 5.26 Å². The topological polar surface area (TPSA) is 57.9 Å². The minimum absolute atomic E-state index is 0.388. The zero-order valence-electron chi connectivity index (χ0n) is 11.9. The molecule has 0 unspecified atom stereocenters. The molecule has 2 aromatic rings. The van der Waals surface area contributed by atoms with Crippen LogP contribution in [0.1, 0.15) is 11.1 Å². The number of halogens is 4. The fourth-order valence-electron chi connectivity index (χ4n) is 1.93. The number of rotatable bonds is 3. The molecule has 24 heavy (non-hydrogen) atoms. The van der Waals surface area contributed by atoms with Crippen LogP contribution in [0, 0.1) is 17.1 Å². The van der Waals surface area contributed by atoms with Crippen molar-refractivity contribution >= 4 is 15.9 Å². The Morgan fingerprint density at radius 1 is 1.04 bits per heavy atom. The van der Waals surface area contributed by atoms with Gasteiger partial charge in [0.2, 0.25) is 9.84 Å². The predicted octanol–water partition coefficient (Wildman–Crippen LogP) is 4.18. The van der Waals surface area contributed by atoms with E-state index in [1.807, 2.05) is 0 Å². The molecule has 8 heteroatoms. The van der Waals surface area contributed by atoms with Gasteiger partial charge in [-0.15, -0.1) is 0 Å². The van der Waals surface area contributed by atoms with Gasteiger partial charge in [-0.2, -0.15) is 18.4 Å². The SMILES string of the molecule is N#C/C(=C\c1ccccc1C(F)(F)F)S(=O)(=O)c1ccc(F)cc1. The van der Waals surface area contributed by atoms with Crippen molar-refractivity contribution in [1.82, 2.24) is 0 Å². The third-order valence-corrected chi connectivity index (χ3v) is 4.76. The largest absolute Gasteiger partial charge is 0.416 e. The van der Waals surface area contributed by atoms with E-state index in [2.05, 4.69) is 0 Å². The van der Waals surface area contributed by atoms with Gasteiger partial charge in [0.25, 0.3) is 0 Å². The summed E-state index contributed by atoms with van der Waals surface area (Å²) in [6.07, 6.45) is -4.05. The molecule has 0 amide bonds. The molecule has 0 radical (unpaired) electrons. The average molecular weight is 355 g/mol. The molecule has 0 fully saturated rings. The van der Waals surface area contributed by atoms with Crippen LogP contribution in [0.15, 0.2) is 58.3 Å². The first-order chi connectivity index (χ1) is 11.2. The van der Waals surface area contributed by atoms with Gasteiger partial charge in [0.15, 0.2) is 0 Å². The van der Waals surface area contributed by atoms with Crippen molar-refractivity contribution in [2.75, 3.05) is 0 Å². The number of sulfone groups is 1. The van der Waals surface area contributed by atoms with Crippen LogP contribution in [0.5, 0.6) is 0 Å². The summed E-state index contributed by atoms with van der Waals surface area (Å²) in [5, 5.41) is 9.08. The first kappa shape index (κ1) is 17.7. The zero-order chi connectivity index (χ0) is 18.0. The monoisotopic (exact) mass is 355 g/mol. The maximum atomic E-state index is 13.0. The lowest BCUT2D eigenvalue weighted by Crippen LogP contribution is -2.08. The second-order valence-electron chi connectivity index (χ2n) is 4.66. The smallest absolute Gasteiger partial charge is 0.218 e. The summed E-state index contributed by atoms with van der Waals surface area (Å²) in [6.45, 7) is 0. The number of nitrogens with zero attached hydrogens (tertiary/aromatic N) is 1. The van der Waals surface area contributed by atoms with E-state index in [1.54, 1.807) is 0 Å². The van der Waals surface area contributed by atoms with E-state index in [1.165, 1.54) is 12.1 Å². The molecule has 0 atom stereocenters. The lowest BCUT2D eigenvalue weighted by Gasteiger charge is -2.10. The quantitative estimate of drug-likeness (QED) is 0.471. The molecule has 0 N–H and O–H groups in total. The van der Waals surface area contributed by atoms with Crippen molar-refractivity contribution in [3.63, 3.8) is 0 Å². The van der Waals surface area contributed by atoms with Gasteiger partial charge in [-0.3, -0.25) is 0 Å². The summed E-state index contributed by atoms with van der Waals surface area (Å²) in [4.78, 5) is -1.26. The Bertz CT molecular complexity index is 924. The maximum Gasteiger partial charge on any atom is 0.416 e. The second kappa shape index (κ2) is 6.45. The number of allylic oxidation sites excluding steroid dienone is 1. The van der Waals surface area contributed by atoms with Crippen molar-refractivity contribution in [1.29, 1.82) is 5.26 Å². The molecule has 0 bridgehead atoms. The molecule has 0 spiro atoms. The standard InChI is InChI=1S/C16H9F4NO2S/c17-12-5-7-13(8-6-12)24(22,23)14(10-21)9-11-3-1-2-4-15(11)16(18,19)20/h1-9H/b14-9+. The van der Waals surface area contributed by atoms with Gasteiger partial charge in [0, 0.05) is 0 Å². The van der Waals surface area contributed by atoms with Crippen molar-refractivity contribution in [2.24, 2.45) is 0 Å². The number of hydrogen-bond donors (Lipinski definition) is 0. The first-order valence-electron chi connectivity index (χ1n) is 6.45. The van der Waals surface area contributed by atoms with E-state index in [0.29, 0.717) is 6.08 Å². The molecule has 0 heterocycles. The Morgan fingerprint density at radius 3 is 2.17 bits per heavy atom. The van der Waals surface area contributed by atoms with Crippen LogP contribution >= 0.6 is 0 Å². The number of hydrogen-bond acceptors (Lipinski definition) is 3. The summed E-state index contributed by atoms with van der Waals surface area (Å²) in [6, 6.07) is 9.31. The van der Waals surface area contributed by atoms with Crippen molar-refractivity contribution < 1.29 is 26.0 Å². The normalized spacial score (nSPS) is 12.7. The third-order valence-electron chi connectivity index (χ3n) is 3.08. The van der Waals surface area contributed by atoms with Crippen LogP contribution in [0.25, 0.3) is 6.08 Å². The summed E-state index contributed by atoms with van der Waals surface area (Å²) >= 11 is 0. The third kappa shape index (κ3) is 3.63. The molecule has 2 rings (SSSR count). The fraction of sp³-hybridized carbons (Fsp3) is 0.0625. The van der Waals surface area contributed by atoms with E-state index < -0.39 is 37.9 Å². The predicted molar refractivity (Wildman–Crippen MR) is 78.6 cm³/mol. The van der Waals surface area contributed by atoms with Crippen LogP contribution in [-0.4, -0.2) is 8.42 Å². The number of benzene rings is 2. The van der Waals surface area contributed by atoms with Gasteiger partial charge in [0.05, 0.1) is 10.5 Å². The van der Waals surface area contributed by atoms with Crippen molar-refractivity contribution in [2.45, 2.75) is 11.1 Å². The molecule has 0 aromatic heterocycles. The highest BCUT2D eigenvalue weighted by atomic mass is 32.2. The summed E-state index contributed by atoms with van der Waals surface area (Å²) in [5.41, 5.74) is -1.51. The van der Waals surface area contributed by atoms with Gasteiger partial charge in [-0.05, 0) is 42.0 Å². The Hall–Kier alpha value is -2.66. The summed E-state index contributed by atoms with van der Waals surface area (Å²) in [5.74, 6) is -0.682. The molecule has 0 saturated carbocycles. The Kier molecular flexibility index (Phi) is 4.76. The van der Waals surface area contributed by atoms with Crippen molar-refractivity contribution in [3.05, 3.63) is 70.4 Å². The number of alkyl halides is 3. The van der Waals surface area contributed by atoms with Gasteiger partial charge in [-0.25, -0.2) is 12.8 Å². The van der Waals surface area contributed by atoms with E-state index >= 15 is 0 Å². The van der Waals surface area contributed by atoms with Gasteiger partial charge in [0.1, 0.15) is 16.8 Å². The highest BCUT2D eigenvalue weighted by molar-refractivity contribution is 7.95. The Labute approximate surface area is 135 Å². The minimum atomic E-state index is -4.70. The molecule has 3 nitrogen and oxygen atoms in total. The molecule has 0 aliphatic heterocycles. The lowest BCUT2D eigenvalue weighted by molar-refractivity contribution is -0.137. The van der Waals surface area contributed by atoms with Crippen LogP contribution in [0.4, 0.5) is 17.6 Å². The van der Waals surface area contributed by atoms with Crippen LogP contribution in [0.3, 0.4) is 0 Å². The van der Waals surface area contributed by atoms with E-state index in [9.17, 15) is 26.0 Å². The van der Waals surface area contributed by atoms with Gasteiger partial charge < -0.3 is 0 Å². The van der Waals surface area contributed by atoms with Crippen molar-refractivity contribution in [3.8, 4) is 6.07 Å². The molecule has 2 aromatic carbocycles. The maximum absolute atomic E-state index is 13.0. The van der Waals surface area contributed by atoms with Crippen LogP contribution < -0.4 is 0 Å². The summed E-state index contributed by atoms with van der Waals surface area (Å²) < 4.78 is 76.5. The number of nitriles is 1. The molecule has 0 aliphatic carbocycles.